The Kier molecular flexibility index (Phi) is 13.0. The van der Waals surface area contributed by atoms with Gasteiger partial charge >= 0.3 is 21.7 Å². The van der Waals surface area contributed by atoms with Crippen molar-refractivity contribution in [3.8, 4) is 11.5 Å². The van der Waals surface area contributed by atoms with Crippen LogP contribution in [0.4, 0.5) is 11.4 Å². The molecule has 0 fully saturated rings. The van der Waals surface area contributed by atoms with Crippen LogP contribution < -0.4 is 4.74 Å². The second-order valence-corrected chi connectivity index (χ2v) is 6.46. The molecule has 0 aromatic heterocycles. The third-order valence-corrected chi connectivity index (χ3v) is 4.12. The molecule has 0 N–H and O–H groups in total. The van der Waals surface area contributed by atoms with Gasteiger partial charge in [0.05, 0.1) is 0 Å². The molecule has 4 rings (SSSR count). The van der Waals surface area contributed by atoms with E-state index >= 15 is 0 Å². The number of para-hydroxylation sites is 4. The molecular weight excluding hydrogens is 428 g/mol. The standard InChI is InChI=1S/C14H14N2O.2C7H7.Ti/c1-15-11-7-3-5-9-13(11)17-14-10-6-4-8-12(14)16-2;2*1-7-5-3-2-4-6-7;/h3-10H,1-2H3;2*2-6H,1H2;/q-2;2*-1;+4. The van der Waals surface area contributed by atoms with Gasteiger partial charge in [0.15, 0.2) is 0 Å². The molecule has 0 radical (unpaired) electrons. The van der Waals surface area contributed by atoms with E-state index in [4.69, 9.17) is 4.74 Å². The largest absolute Gasteiger partial charge is 4.00 e. The van der Waals surface area contributed by atoms with Gasteiger partial charge in [0.1, 0.15) is 11.5 Å². The second kappa shape index (κ2) is 15.5. The minimum absolute atomic E-state index is 0. The van der Waals surface area contributed by atoms with E-state index in [1.807, 2.05) is 109 Å². The van der Waals surface area contributed by atoms with Crippen LogP contribution in [-0.2, 0) is 21.7 Å². The van der Waals surface area contributed by atoms with Crippen LogP contribution in [-0.4, -0.2) is 14.1 Å². The molecule has 0 saturated heterocycles. The summed E-state index contributed by atoms with van der Waals surface area (Å²) in [6.45, 7) is 7.44. The first-order valence-corrected chi connectivity index (χ1v) is 9.93. The molecule has 4 aromatic rings. The van der Waals surface area contributed by atoms with Crippen molar-refractivity contribution in [3.63, 3.8) is 0 Å². The zero-order valence-electron chi connectivity index (χ0n) is 18.6. The third kappa shape index (κ3) is 9.69. The number of nitrogens with zero attached hydrogens (tertiary/aromatic N) is 2. The van der Waals surface area contributed by atoms with Gasteiger partial charge in [0.25, 0.3) is 0 Å². The molecule has 32 heavy (non-hydrogen) atoms. The van der Waals surface area contributed by atoms with Gasteiger partial charge in [-0.1, -0.05) is 59.9 Å². The fourth-order valence-electron chi connectivity index (χ4n) is 2.53. The van der Waals surface area contributed by atoms with E-state index in [9.17, 15) is 0 Å². The van der Waals surface area contributed by atoms with Gasteiger partial charge in [-0.2, -0.15) is 49.2 Å². The fraction of sp³-hybridized carbons (Fsp3) is 0.0714. The molecule has 0 heterocycles. The summed E-state index contributed by atoms with van der Waals surface area (Å²) in [7, 11) is 3.50. The summed E-state index contributed by atoms with van der Waals surface area (Å²) in [6.07, 6.45) is 0. The number of hydrogen-bond donors (Lipinski definition) is 0. The monoisotopic (exact) mass is 456 g/mol. The van der Waals surface area contributed by atoms with Gasteiger partial charge in [-0.05, 0) is 12.1 Å². The van der Waals surface area contributed by atoms with E-state index in [0.29, 0.717) is 0 Å². The van der Waals surface area contributed by atoms with Crippen molar-refractivity contribution in [1.29, 1.82) is 0 Å². The normalized spacial score (nSPS) is 8.94. The summed E-state index contributed by atoms with van der Waals surface area (Å²) < 4.78 is 5.83. The quantitative estimate of drug-likeness (QED) is 0.224. The average molecular weight is 456 g/mol. The van der Waals surface area contributed by atoms with Crippen molar-refractivity contribution in [3.05, 3.63) is 145 Å². The van der Waals surface area contributed by atoms with Crippen LogP contribution in [0.2, 0.25) is 0 Å². The minimum atomic E-state index is 0. The first-order valence-electron chi connectivity index (χ1n) is 9.93. The Morgan fingerprint density at radius 3 is 1.09 bits per heavy atom. The van der Waals surface area contributed by atoms with Crippen molar-refractivity contribution in [2.45, 2.75) is 0 Å². The zero-order valence-corrected chi connectivity index (χ0v) is 20.2. The summed E-state index contributed by atoms with van der Waals surface area (Å²) in [4.78, 5) is 0. The van der Waals surface area contributed by atoms with Crippen molar-refractivity contribution in [2.75, 3.05) is 14.1 Å². The molecule has 0 aliphatic carbocycles. The van der Waals surface area contributed by atoms with E-state index in [1.54, 1.807) is 14.1 Å². The predicted molar refractivity (Wildman–Crippen MR) is 133 cm³/mol. The Morgan fingerprint density at radius 2 is 0.812 bits per heavy atom. The molecule has 0 atom stereocenters. The van der Waals surface area contributed by atoms with Crippen LogP contribution in [0.5, 0.6) is 11.5 Å². The molecule has 0 bridgehead atoms. The van der Waals surface area contributed by atoms with Gasteiger partial charge in [0.2, 0.25) is 0 Å². The van der Waals surface area contributed by atoms with Crippen LogP contribution in [0.1, 0.15) is 11.1 Å². The number of rotatable bonds is 4. The Bertz CT molecular complexity index is 925. The summed E-state index contributed by atoms with van der Waals surface area (Å²) in [5.74, 6) is 1.48. The first kappa shape index (κ1) is 26.8. The molecule has 0 saturated carbocycles. The number of ether oxygens (including phenoxy) is 1. The van der Waals surface area contributed by atoms with E-state index in [-0.39, 0.29) is 21.7 Å². The Balaban J connectivity index is 0.000000282. The van der Waals surface area contributed by atoms with E-state index in [0.717, 1.165) is 34.0 Å². The molecule has 0 aliphatic heterocycles. The van der Waals surface area contributed by atoms with Crippen LogP contribution in [0.3, 0.4) is 0 Å². The molecular formula is C28H28N2OTi. The summed E-state index contributed by atoms with van der Waals surface area (Å²) >= 11 is 0. The molecule has 0 unspecified atom stereocenters. The second-order valence-electron chi connectivity index (χ2n) is 6.46. The first-order chi connectivity index (χ1) is 15.1. The van der Waals surface area contributed by atoms with Crippen LogP contribution in [0.25, 0.3) is 10.6 Å². The zero-order chi connectivity index (χ0) is 22.3. The molecule has 0 amide bonds. The molecule has 3 nitrogen and oxygen atoms in total. The fourth-order valence-corrected chi connectivity index (χ4v) is 2.53. The number of benzene rings is 4. The maximum absolute atomic E-state index is 5.83. The van der Waals surface area contributed by atoms with Gasteiger partial charge in [-0.3, -0.25) is 0 Å². The van der Waals surface area contributed by atoms with Gasteiger partial charge in [-0.25, -0.2) is 0 Å². The topological polar surface area (TPSA) is 37.4 Å². The van der Waals surface area contributed by atoms with Crippen molar-refractivity contribution >= 4 is 11.4 Å². The Labute approximate surface area is 207 Å². The maximum atomic E-state index is 5.83. The SMILES string of the molecule is C[N-]c1ccccc1Oc1ccccc1[N-]C.[CH2-]c1ccccc1.[CH2-]c1ccccc1.[Ti+4]. The molecule has 0 spiro atoms. The average Bonchev–Trinajstić information content (AvgIpc) is 2.82. The van der Waals surface area contributed by atoms with E-state index in [1.165, 1.54) is 0 Å². The van der Waals surface area contributed by atoms with Crippen molar-refractivity contribution < 1.29 is 26.5 Å². The van der Waals surface area contributed by atoms with Crippen molar-refractivity contribution in [2.24, 2.45) is 0 Å². The van der Waals surface area contributed by atoms with Gasteiger partial charge in [0, 0.05) is 0 Å². The van der Waals surface area contributed by atoms with Crippen LogP contribution in [0, 0.1) is 13.8 Å². The molecule has 4 heteroatoms. The van der Waals surface area contributed by atoms with Crippen LogP contribution >= 0.6 is 0 Å². The van der Waals surface area contributed by atoms with Gasteiger partial charge in [-0.15, -0.1) is 38.4 Å². The minimum Gasteiger partial charge on any atom is -0.684 e. The molecule has 160 valence electrons. The van der Waals surface area contributed by atoms with Gasteiger partial charge < -0.3 is 15.4 Å². The van der Waals surface area contributed by atoms with E-state index < -0.39 is 0 Å². The third-order valence-electron chi connectivity index (χ3n) is 4.12. The Hall–Kier alpha value is -3.27. The summed E-state index contributed by atoms with van der Waals surface area (Å²) in [5.41, 5.74) is 3.81. The van der Waals surface area contributed by atoms with Crippen LogP contribution in [0.15, 0.2) is 109 Å². The van der Waals surface area contributed by atoms with Crippen molar-refractivity contribution in [1.82, 2.24) is 0 Å². The summed E-state index contributed by atoms with van der Waals surface area (Å²) in [5, 5.41) is 8.33. The molecule has 0 aliphatic rings. The number of hydrogen-bond acceptors (Lipinski definition) is 1. The van der Waals surface area contributed by atoms with E-state index in [2.05, 4.69) is 24.5 Å². The molecule has 4 aromatic carbocycles. The Morgan fingerprint density at radius 1 is 0.500 bits per heavy atom. The smallest absolute Gasteiger partial charge is 0.684 e. The maximum Gasteiger partial charge on any atom is 4.00 e. The summed E-state index contributed by atoms with van der Waals surface area (Å²) in [6, 6.07) is 35.1. The predicted octanol–water partition coefficient (Wildman–Crippen LogP) is 8.48.